The number of rotatable bonds is 2. The highest BCUT2D eigenvalue weighted by molar-refractivity contribution is 6.32. The quantitative estimate of drug-likeness (QED) is 0.737. The Morgan fingerprint density at radius 1 is 1.32 bits per heavy atom. The first kappa shape index (κ1) is 11.3. The van der Waals surface area contributed by atoms with E-state index in [1.807, 2.05) is 24.3 Å². The lowest BCUT2D eigenvalue weighted by Crippen LogP contribution is -2.16. The minimum Gasteiger partial charge on any atom is -0.476 e. The van der Waals surface area contributed by atoms with Crippen molar-refractivity contribution in [3.05, 3.63) is 41.6 Å². The Bertz CT molecular complexity index is 578. The SMILES string of the molecule is [B]c1cccc(COC2=NC=C3C(C2)CC2CC32)c1. The largest absolute Gasteiger partial charge is 0.476 e. The average Bonchev–Trinajstić information content (AvgIpc) is 3.08. The van der Waals surface area contributed by atoms with Crippen molar-refractivity contribution in [3.8, 4) is 0 Å². The van der Waals surface area contributed by atoms with Gasteiger partial charge in [0.15, 0.2) is 5.90 Å². The van der Waals surface area contributed by atoms with Crippen molar-refractivity contribution in [2.75, 3.05) is 0 Å². The third-order valence-electron chi connectivity index (χ3n) is 4.54. The summed E-state index contributed by atoms with van der Waals surface area (Å²) in [5, 5.41) is 0. The lowest BCUT2D eigenvalue weighted by Gasteiger charge is -2.20. The van der Waals surface area contributed by atoms with Crippen LogP contribution < -0.4 is 5.46 Å². The van der Waals surface area contributed by atoms with Crippen molar-refractivity contribution in [2.45, 2.75) is 25.9 Å². The van der Waals surface area contributed by atoms with E-state index in [9.17, 15) is 0 Å². The monoisotopic (exact) mass is 249 g/mol. The van der Waals surface area contributed by atoms with Crippen molar-refractivity contribution < 1.29 is 4.74 Å². The molecule has 1 heterocycles. The van der Waals surface area contributed by atoms with E-state index in [2.05, 4.69) is 11.2 Å². The lowest BCUT2D eigenvalue weighted by molar-refractivity contribution is 0.276. The van der Waals surface area contributed by atoms with Crippen LogP contribution in [0.4, 0.5) is 0 Å². The van der Waals surface area contributed by atoms with E-state index in [1.165, 1.54) is 12.8 Å². The summed E-state index contributed by atoms with van der Waals surface area (Å²) in [5.41, 5.74) is 3.47. The average molecular weight is 249 g/mol. The van der Waals surface area contributed by atoms with E-state index in [4.69, 9.17) is 12.6 Å². The van der Waals surface area contributed by atoms with Gasteiger partial charge >= 0.3 is 0 Å². The van der Waals surface area contributed by atoms with Gasteiger partial charge in [-0.2, -0.15) is 0 Å². The molecule has 0 spiro atoms. The Morgan fingerprint density at radius 2 is 2.26 bits per heavy atom. The summed E-state index contributed by atoms with van der Waals surface area (Å²) in [5.74, 6) is 3.42. The van der Waals surface area contributed by atoms with Gasteiger partial charge < -0.3 is 4.74 Å². The van der Waals surface area contributed by atoms with Crippen molar-refractivity contribution in [3.63, 3.8) is 0 Å². The number of benzene rings is 1. The summed E-state index contributed by atoms with van der Waals surface area (Å²) in [6, 6.07) is 7.84. The van der Waals surface area contributed by atoms with Crippen molar-refractivity contribution in [2.24, 2.45) is 22.7 Å². The molecule has 0 saturated heterocycles. The maximum atomic E-state index is 5.83. The van der Waals surface area contributed by atoms with Gasteiger partial charge in [0.05, 0.1) is 0 Å². The molecule has 2 radical (unpaired) electrons. The zero-order valence-corrected chi connectivity index (χ0v) is 10.9. The van der Waals surface area contributed by atoms with Crippen molar-refractivity contribution in [1.29, 1.82) is 0 Å². The minimum atomic E-state index is 0.562. The van der Waals surface area contributed by atoms with Gasteiger partial charge in [0.25, 0.3) is 0 Å². The number of ether oxygens (including phenoxy) is 1. The lowest BCUT2D eigenvalue weighted by atomic mass is 9.93. The van der Waals surface area contributed by atoms with E-state index in [1.54, 1.807) is 5.57 Å². The van der Waals surface area contributed by atoms with E-state index >= 15 is 0 Å². The van der Waals surface area contributed by atoms with Crippen LogP contribution in [0.25, 0.3) is 0 Å². The summed E-state index contributed by atoms with van der Waals surface area (Å²) in [7, 11) is 5.76. The maximum Gasteiger partial charge on any atom is 0.188 e. The Morgan fingerprint density at radius 3 is 3.16 bits per heavy atom. The summed E-state index contributed by atoms with van der Waals surface area (Å²) >= 11 is 0. The minimum absolute atomic E-state index is 0.562. The number of nitrogens with zero attached hydrogens (tertiary/aromatic N) is 1. The molecule has 0 amide bonds. The molecule has 1 aromatic carbocycles. The van der Waals surface area contributed by atoms with Gasteiger partial charge in [0.2, 0.25) is 0 Å². The van der Waals surface area contributed by atoms with Gasteiger partial charge in [0, 0.05) is 12.6 Å². The number of allylic oxidation sites excluding steroid dienone is 1. The topological polar surface area (TPSA) is 21.6 Å². The molecule has 2 aliphatic carbocycles. The van der Waals surface area contributed by atoms with Crippen LogP contribution in [-0.2, 0) is 11.3 Å². The Labute approximate surface area is 115 Å². The molecule has 3 atom stereocenters. The summed E-state index contributed by atoms with van der Waals surface area (Å²) in [6.45, 7) is 0.562. The van der Waals surface area contributed by atoms with Crippen LogP contribution in [0.5, 0.6) is 0 Å². The van der Waals surface area contributed by atoms with Crippen LogP contribution in [0.2, 0.25) is 0 Å². The van der Waals surface area contributed by atoms with Crippen LogP contribution in [0.15, 0.2) is 41.0 Å². The predicted molar refractivity (Wildman–Crippen MR) is 76.5 cm³/mol. The molecule has 2 fully saturated rings. The highest BCUT2D eigenvalue weighted by Crippen LogP contribution is 2.59. The summed E-state index contributed by atoms with van der Waals surface area (Å²) in [6.07, 6.45) is 5.80. The van der Waals surface area contributed by atoms with Gasteiger partial charge in [0.1, 0.15) is 14.5 Å². The predicted octanol–water partition coefficient (Wildman–Crippen LogP) is 2.34. The Kier molecular flexibility index (Phi) is 2.54. The third-order valence-corrected chi connectivity index (χ3v) is 4.54. The molecule has 0 N–H and O–H groups in total. The summed E-state index contributed by atoms with van der Waals surface area (Å²) < 4.78 is 5.83. The fourth-order valence-corrected chi connectivity index (χ4v) is 3.48. The molecule has 4 rings (SSSR count). The molecule has 0 aromatic heterocycles. The normalized spacial score (nSPS) is 31.1. The Balaban J connectivity index is 1.41. The van der Waals surface area contributed by atoms with Gasteiger partial charge in [-0.1, -0.05) is 29.7 Å². The molecule has 94 valence electrons. The van der Waals surface area contributed by atoms with Gasteiger partial charge in [-0.05, 0) is 41.7 Å². The van der Waals surface area contributed by atoms with Crippen LogP contribution >= 0.6 is 0 Å². The molecule has 0 bridgehead atoms. The molecule has 19 heavy (non-hydrogen) atoms. The van der Waals surface area contributed by atoms with Crippen LogP contribution in [0.3, 0.4) is 0 Å². The fraction of sp³-hybridized carbons (Fsp3) is 0.438. The number of aliphatic imine (C=N–C) groups is 1. The summed E-state index contributed by atoms with van der Waals surface area (Å²) in [4.78, 5) is 4.49. The van der Waals surface area contributed by atoms with Gasteiger partial charge in [-0.3, -0.25) is 0 Å². The number of hydrogen-bond donors (Lipinski definition) is 0. The standard InChI is InChI=1S/C16H16BNO/c17-13-3-1-2-10(4-13)9-19-16-7-12-5-11-6-14(11)15(12)8-18-16/h1-4,8,11-12,14H,5-7,9H2. The highest BCUT2D eigenvalue weighted by atomic mass is 16.5. The van der Waals surface area contributed by atoms with Crippen LogP contribution in [-0.4, -0.2) is 13.7 Å². The van der Waals surface area contributed by atoms with E-state index in [0.29, 0.717) is 12.5 Å². The zero-order valence-electron chi connectivity index (χ0n) is 10.9. The van der Waals surface area contributed by atoms with Gasteiger partial charge in [-0.15, -0.1) is 0 Å². The second-order valence-corrected chi connectivity index (χ2v) is 5.92. The molecule has 3 heteroatoms. The fourth-order valence-electron chi connectivity index (χ4n) is 3.48. The molecule has 2 saturated carbocycles. The molecular weight excluding hydrogens is 233 g/mol. The molecule has 1 aliphatic heterocycles. The van der Waals surface area contributed by atoms with E-state index in [-0.39, 0.29) is 0 Å². The van der Waals surface area contributed by atoms with Crippen LogP contribution in [0.1, 0.15) is 24.8 Å². The van der Waals surface area contributed by atoms with Gasteiger partial charge in [-0.25, -0.2) is 4.99 Å². The number of hydrogen-bond acceptors (Lipinski definition) is 2. The van der Waals surface area contributed by atoms with E-state index in [0.717, 1.165) is 35.2 Å². The molecule has 3 aliphatic rings. The van der Waals surface area contributed by atoms with E-state index < -0.39 is 0 Å². The first-order chi connectivity index (χ1) is 9.29. The molecule has 2 nitrogen and oxygen atoms in total. The number of fused-ring (bicyclic) bond motifs is 3. The zero-order chi connectivity index (χ0) is 12.8. The van der Waals surface area contributed by atoms with Crippen molar-refractivity contribution >= 4 is 19.2 Å². The van der Waals surface area contributed by atoms with Crippen molar-refractivity contribution in [1.82, 2.24) is 0 Å². The Hall–Kier alpha value is -1.51. The first-order valence-electron chi connectivity index (χ1n) is 7.03. The van der Waals surface area contributed by atoms with Crippen LogP contribution in [0, 0.1) is 17.8 Å². The smallest absolute Gasteiger partial charge is 0.188 e. The maximum absolute atomic E-state index is 5.83. The molecular formula is C16H16BNO. The highest BCUT2D eigenvalue weighted by Gasteiger charge is 2.50. The molecule has 1 aromatic rings. The second-order valence-electron chi connectivity index (χ2n) is 5.92. The second kappa shape index (κ2) is 4.26. The third kappa shape index (κ3) is 2.11. The first-order valence-corrected chi connectivity index (χ1v) is 7.03. The molecule has 3 unspecified atom stereocenters.